The van der Waals surface area contributed by atoms with Crippen molar-refractivity contribution in [3.63, 3.8) is 0 Å². The molecule has 0 fully saturated rings. The van der Waals surface area contributed by atoms with E-state index in [1.165, 1.54) is 12.1 Å². The van der Waals surface area contributed by atoms with Crippen LogP contribution in [0.2, 0.25) is 5.02 Å². The first-order chi connectivity index (χ1) is 26.6. The number of nitrogens with zero attached hydrogens (tertiary/aromatic N) is 3. The summed E-state index contributed by atoms with van der Waals surface area (Å²) in [5, 5.41) is 3.09. The monoisotopic (exact) mass is 864 g/mol. The van der Waals surface area contributed by atoms with Gasteiger partial charge in [0.2, 0.25) is 5.91 Å². The van der Waals surface area contributed by atoms with Gasteiger partial charge in [0.25, 0.3) is 20.2 Å². The molecule has 0 spiro atoms. The minimum atomic E-state index is -4.55. The minimum absolute atomic E-state index is 0.101. The zero-order chi connectivity index (χ0) is 42.2. The molecule has 14 nitrogen and oxygen atoms in total. The van der Waals surface area contributed by atoms with Crippen LogP contribution in [0.15, 0.2) is 76.4 Å². The molecule has 0 aliphatic carbocycles. The Morgan fingerprint density at radius 2 is 1.72 bits per heavy atom. The third kappa shape index (κ3) is 12.3. The van der Waals surface area contributed by atoms with Crippen LogP contribution >= 0.6 is 11.6 Å². The number of terminal acetylenes is 1. The van der Waals surface area contributed by atoms with Crippen molar-refractivity contribution in [2.24, 2.45) is 4.99 Å². The highest BCUT2D eigenvalue weighted by Gasteiger charge is 2.44. The number of aromatic nitrogens is 1. The second-order valence-corrected chi connectivity index (χ2v) is 19.7. The van der Waals surface area contributed by atoms with Crippen molar-refractivity contribution in [2.75, 3.05) is 29.5 Å². The molecule has 2 aromatic rings. The Morgan fingerprint density at radius 3 is 2.39 bits per heavy atom. The summed E-state index contributed by atoms with van der Waals surface area (Å²) in [6, 6.07) is 6.23. The molecule has 1 atom stereocenters. The molecule has 1 aromatic carbocycles. The largest absolute Gasteiger partial charge is 0.748 e. The van der Waals surface area contributed by atoms with Gasteiger partial charge in [-0.1, -0.05) is 48.6 Å². The number of hydrogen-bond donors (Lipinski definition) is 3. The summed E-state index contributed by atoms with van der Waals surface area (Å²) in [5.74, 6) is 1.90. The molecule has 0 radical (unpaired) electrons. The third-order valence-electron chi connectivity index (χ3n) is 10.1. The van der Waals surface area contributed by atoms with Crippen LogP contribution in [0.3, 0.4) is 0 Å². The van der Waals surface area contributed by atoms with Gasteiger partial charge < -0.3 is 14.8 Å². The van der Waals surface area contributed by atoms with Crippen LogP contribution in [0, 0.1) is 12.3 Å². The van der Waals surface area contributed by atoms with Crippen LogP contribution in [0.4, 0.5) is 11.5 Å². The molecular formula is C39H49ClN4O10S3. The molecule has 3 heterocycles. The lowest BCUT2D eigenvalue weighted by Crippen LogP contribution is -2.36. The van der Waals surface area contributed by atoms with Crippen LogP contribution in [-0.2, 0) is 52.5 Å². The summed E-state index contributed by atoms with van der Waals surface area (Å²) < 4.78 is 102. The van der Waals surface area contributed by atoms with Crippen molar-refractivity contribution < 1.29 is 48.3 Å². The second kappa shape index (κ2) is 18.8. The molecule has 2 aliphatic rings. The van der Waals surface area contributed by atoms with E-state index >= 15 is 0 Å². The van der Waals surface area contributed by atoms with Gasteiger partial charge >= 0.3 is 5.82 Å². The number of anilines is 1. The number of halogens is 1. The zero-order valence-electron chi connectivity index (χ0n) is 32.1. The van der Waals surface area contributed by atoms with Gasteiger partial charge in [-0.25, -0.2) is 13.0 Å². The molecule has 1 unspecified atom stereocenters. The van der Waals surface area contributed by atoms with Gasteiger partial charge in [0.1, 0.15) is 6.20 Å². The molecule has 310 valence electrons. The number of unbranched alkanes of at least 4 members (excludes halogenated alkanes) is 3. The number of rotatable bonds is 20. The number of hydrogen-bond acceptors (Lipinski definition) is 10. The summed E-state index contributed by atoms with van der Waals surface area (Å²) in [6.07, 6.45) is 19.4. The Balaban J connectivity index is 1.66. The number of amides is 1. The van der Waals surface area contributed by atoms with Gasteiger partial charge in [-0.15, -0.1) is 6.42 Å². The summed E-state index contributed by atoms with van der Waals surface area (Å²) in [6.45, 7) is 6.80. The SMILES string of the molecule is C#CCNC(=O)CCCCCN1/C(=C/C=C/C=C/C2=Nc3c(cc(Cl)c[n+]3CCCS(=O)(=O)[O-])C2(C)C)C(C)(CCCCS(=O)(=O)O)c2cc(S(=O)(=O)O)ccc21. The minimum Gasteiger partial charge on any atom is -0.748 e. The Hall–Kier alpha value is -3.89. The van der Waals surface area contributed by atoms with E-state index < -0.39 is 52.7 Å². The molecule has 0 saturated carbocycles. The summed E-state index contributed by atoms with van der Waals surface area (Å²) in [4.78, 5) is 18.7. The van der Waals surface area contributed by atoms with E-state index in [9.17, 15) is 43.7 Å². The van der Waals surface area contributed by atoms with E-state index in [4.69, 9.17) is 23.0 Å². The second-order valence-electron chi connectivity index (χ2n) is 14.8. The smallest absolute Gasteiger partial charge is 0.327 e. The zero-order valence-corrected chi connectivity index (χ0v) is 35.4. The maximum absolute atomic E-state index is 12.3. The lowest BCUT2D eigenvalue weighted by atomic mass is 9.77. The van der Waals surface area contributed by atoms with Gasteiger partial charge in [0.15, 0.2) is 5.71 Å². The highest BCUT2D eigenvalue weighted by Crippen LogP contribution is 2.51. The number of pyridine rings is 1. The Kier molecular flexibility index (Phi) is 15.1. The Labute approximate surface area is 341 Å². The lowest BCUT2D eigenvalue weighted by molar-refractivity contribution is -0.684. The van der Waals surface area contributed by atoms with E-state index in [1.54, 1.807) is 16.8 Å². The number of allylic oxidation sites excluding steroid dienone is 6. The van der Waals surface area contributed by atoms with Crippen LogP contribution in [0.5, 0.6) is 0 Å². The number of carbonyl (C=O) groups is 1. The molecule has 57 heavy (non-hydrogen) atoms. The van der Waals surface area contributed by atoms with Crippen LogP contribution in [0.25, 0.3) is 0 Å². The van der Waals surface area contributed by atoms with E-state index in [0.717, 1.165) is 16.9 Å². The van der Waals surface area contributed by atoms with Crippen molar-refractivity contribution >= 4 is 65.1 Å². The lowest BCUT2D eigenvalue weighted by Gasteiger charge is -2.30. The van der Waals surface area contributed by atoms with Crippen molar-refractivity contribution in [3.8, 4) is 12.3 Å². The summed E-state index contributed by atoms with van der Waals surface area (Å²) in [5.41, 5.74) is 2.31. The quantitative estimate of drug-likeness (QED) is 0.0510. The van der Waals surface area contributed by atoms with Gasteiger partial charge in [-0.2, -0.15) is 16.8 Å². The van der Waals surface area contributed by atoms with Crippen LogP contribution < -0.4 is 14.8 Å². The molecular weight excluding hydrogens is 816 g/mol. The highest BCUT2D eigenvalue weighted by molar-refractivity contribution is 7.86. The van der Waals surface area contributed by atoms with Gasteiger partial charge in [-0.05, 0) is 99.8 Å². The van der Waals surface area contributed by atoms with Crippen molar-refractivity contribution in [3.05, 3.63) is 82.7 Å². The fourth-order valence-electron chi connectivity index (χ4n) is 7.20. The molecule has 3 N–H and O–H groups in total. The number of aryl methyl sites for hydroxylation is 1. The molecule has 0 bridgehead atoms. The van der Waals surface area contributed by atoms with E-state index in [2.05, 4.69) is 16.1 Å². The van der Waals surface area contributed by atoms with E-state index in [-0.39, 0.29) is 36.7 Å². The van der Waals surface area contributed by atoms with Gasteiger partial charge in [-0.3, -0.25) is 13.9 Å². The van der Waals surface area contributed by atoms with Gasteiger partial charge in [0, 0.05) is 35.5 Å². The first-order valence-corrected chi connectivity index (χ1v) is 23.4. The predicted octanol–water partition coefficient (Wildman–Crippen LogP) is 5.32. The first-order valence-electron chi connectivity index (χ1n) is 18.4. The first kappa shape index (κ1) is 45.8. The van der Waals surface area contributed by atoms with Crippen molar-refractivity contribution in [2.45, 2.75) is 94.4 Å². The van der Waals surface area contributed by atoms with Crippen molar-refractivity contribution in [1.82, 2.24) is 5.32 Å². The number of nitrogens with one attached hydrogen (secondary N) is 1. The maximum Gasteiger partial charge on any atom is 0.327 e. The van der Waals surface area contributed by atoms with Crippen LogP contribution in [0.1, 0.15) is 83.3 Å². The maximum atomic E-state index is 12.3. The number of fused-ring (bicyclic) bond motifs is 2. The highest BCUT2D eigenvalue weighted by atomic mass is 35.5. The van der Waals surface area contributed by atoms with Crippen LogP contribution in [-0.4, -0.2) is 75.1 Å². The van der Waals surface area contributed by atoms with E-state index in [0.29, 0.717) is 67.2 Å². The average Bonchev–Trinajstić information content (AvgIpc) is 3.49. The fraction of sp³-hybridized carbons (Fsp3) is 0.462. The Morgan fingerprint density at radius 1 is 0.982 bits per heavy atom. The normalized spacial score (nSPS) is 18.6. The number of carbonyl (C=O) groups excluding carboxylic acids is 1. The van der Waals surface area contributed by atoms with E-state index in [1.807, 2.05) is 57.2 Å². The molecule has 1 aromatic heterocycles. The topological polar surface area (TPSA) is 215 Å². The average molecular weight is 865 g/mol. The summed E-state index contributed by atoms with van der Waals surface area (Å²) in [7, 11) is -13.1. The molecule has 1 amide bonds. The third-order valence-corrected chi connectivity index (χ3v) is 12.8. The molecule has 2 aliphatic heterocycles. The number of benzene rings is 1. The molecule has 0 saturated heterocycles. The van der Waals surface area contributed by atoms with Crippen molar-refractivity contribution in [1.29, 1.82) is 0 Å². The standard InChI is InChI=1S/C39H49ClN4O10S3/c1-5-21-41-36(45)17-10-7-12-23-44-33-19-18-30(57(52,53)54)27-31(33)39(4,20-11-13-24-55(46,47)48)35(44)16-9-6-8-15-34-38(2,3)32-26-29(40)28-43(37(32)42-34)22-14-25-56(49,50)51/h1,6,8-9,15-16,18-19,26-28H,7,10-14,17,20-25H2,2-4H3,(H3-,41,45,46,47,48,49,50,51,52,53,54). The number of aliphatic imine (C=N–C) groups is 1. The fourth-order valence-corrected chi connectivity index (χ4v) is 8.98. The Bertz CT molecular complexity index is 2350. The molecule has 18 heteroatoms. The summed E-state index contributed by atoms with van der Waals surface area (Å²) >= 11 is 6.42. The molecule has 4 rings (SSSR count). The predicted molar refractivity (Wildman–Crippen MR) is 219 cm³/mol. The van der Waals surface area contributed by atoms with Gasteiger partial charge in [0.05, 0.1) is 49.9 Å².